The summed E-state index contributed by atoms with van der Waals surface area (Å²) in [6.45, 7) is 1.82. The number of para-hydroxylation sites is 2. The van der Waals surface area contributed by atoms with Crippen LogP contribution in [0.3, 0.4) is 0 Å². The first-order chi connectivity index (χ1) is 37.6. The predicted molar refractivity (Wildman–Crippen MR) is 304 cm³/mol. The third-order valence-corrected chi connectivity index (χ3v) is 13.1. The van der Waals surface area contributed by atoms with Crippen molar-refractivity contribution in [2.45, 2.75) is 107 Å². The molecular formula is C49H73N19O9S2. The topological polar surface area (TPSA) is 484 Å². The van der Waals surface area contributed by atoms with Gasteiger partial charge in [0.1, 0.15) is 42.3 Å². The molecule has 0 saturated carbocycles. The lowest BCUT2D eigenvalue weighted by molar-refractivity contribution is -0.141. The number of hydrogen-bond donors (Lipinski definition) is 22. The van der Waals surface area contributed by atoms with Crippen LogP contribution in [0.15, 0.2) is 60.9 Å². The number of carboxylic acid groups (broad SMARTS) is 1. The zero-order valence-corrected chi connectivity index (χ0v) is 45.3. The van der Waals surface area contributed by atoms with Crippen LogP contribution in [0.1, 0.15) is 56.6 Å². The molecule has 0 saturated heterocycles. The second-order valence-corrected chi connectivity index (χ2v) is 19.2. The number of guanidine groups is 3. The summed E-state index contributed by atoms with van der Waals surface area (Å²) >= 11 is 8.27. The van der Waals surface area contributed by atoms with Gasteiger partial charge in [0.25, 0.3) is 0 Å². The minimum Gasteiger partial charge on any atom is -0.480 e. The fourth-order valence-corrected chi connectivity index (χ4v) is 8.66. The highest BCUT2D eigenvalue weighted by atomic mass is 32.1. The van der Waals surface area contributed by atoms with Crippen LogP contribution in [-0.2, 0) is 51.2 Å². The summed E-state index contributed by atoms with van der Waals surface area (Å²) in [5.74, 6) is -8.48. The number of nitrogens with two attached hydrogens (primary N) is 4. The van der Waals surface area contributed by atoms with Gasteiger partial charge in [0.2, 0.25) is 41.4 Å². The maximum Gasteiger partial charge on any atom is 0.327 e. The third-order valence-electron chi connectivity index (χ3n) is 12.4. The van der Waals surface area contributed by atoms with Gasteiger partial charge in [0, 0.05) is 78.2 Å². The van der Waals surface area contributed by atoms with E-state index in [4.69, 9.17) is 39.2 Å². The highest BCUT2D eigenvalue weighted by molar-refractivity contribution is 7.80. The number of aromatic amines is 2. The van der Waals surface area contributed by atoms with Gasteiger partial charge in [0.15, 0.2) is 17.9 Å². The van der Waals surface area contributed by atoms with Crippen molar-refractivity contribution in [3.63, 3.8) is 0 Å². The van der Waals surface area contributed by atoms with E-state index in [-0.39, 0.29) is 87.4 Å². The molecule has 28 nitrogen and oxygen atoms in total. The van der Waals surface area contributed by atoms with Crippen molar-refractivity contribution in [2.24, 2.45) is 22.9 Å². The second kappa shape index (κ2) is 31.8. The Morgan fingerprint density at radius 1 is 0.506 bits per heavy atom. The summed E-state index contributed by atoms with van der Waals surface area (Å²) in [5, 5.41) is 59.8. The van der Waals surface area contributed by atoms with Crippen LogP contribution in [0.4, 0.5) is 0 Å². The molecule has 2 aromatic heterocycles. The fourth-order valence-electron chi connectivity index (χ4n) is 8.16. The Kier molecular flexibility index (Phi) is 25.5. The maximum absolute atomic E-state index is 14.8. The lowest BCUT2D eigenvalue weighted by atomic mass is 10.0. The summed E-state index contributed by atoms with van der Waals surface area (Å²) in [5.41, 5.74) is 24.9. The average Bonchev–Trinajstić information content (AvgIpc) is 4.05. The molecule has 4 rings (SSSR count). The van der Waals surface area contributed by atoms with Gasteiger partial charge >= 0.3 is 5.97 Å². The molecule has 2 heterocycles. The minimum atomic E-state index is -1.46. The van der Waals surface area contributed by atoms with Gasteiger partial charge in [-0.15, -0.1) is 0 Å². The molecule has 4 aromatic rings. The first-order valence-electron chi connectivity index (χ1n) is 25.3. The van der Waals surface area contributed by atoms with E-state index < -0.39 is 95.7 Å². The zero-order valence-electron chi connectivity index (χ0n) is 43.5. The van der Waals surface area contributed by atoms with Crippen LogP contribution in [-0.4, -0.2) is 160 Å². The molecule has 8 atom stereocenters. The molecule has 79 heavy (non-hydrogen) atoms. The lowest BCUT2D eigenvalue weighted by Gasteiger charge is -2.27. The summed E-state index contributed by atoms with van der Waals surface area (Å²) in [7, 11) is 0. The molecule has 0 radical (unpaired) electrons. The molecule has 430 valence electrons. The van der Waals surface area contributed by atoms with Gasteiger partial charge in [-0.3, -0.25) is 49.8 Å². The number of aliphatic carboxylic acids is 1. The molecule has 2 aromatic carbocycles. The van der Waals surface area contributed by atoms with Crippen molar-refractivity contribution in [3.05, 3.63) is 72.1 Å². The van der Waals surface area contributed by atoms with Gasteiger partial charge in [-0.05, 0) is 68.7 Å². The summed E-state index contributed by atoms with van der Waals surface area (Å²) in [6.07, 6.45) is 3.72. The van der Waals surface area contributed by atoms with Crippen molar-refractivity contribution in [1.82, 2.24) is 63.1 Å². The van der Waals surface area contributed by atoms with E-state index >= 15 is 0 Å². The van der Waals surface area contributed by atoms with E-state index in [1.165, 1.54) is 6.92 Å². The standard InChI is InChI=1S/C49H73N19O9S2/c1-25(62-45(75)37(23-78)67-40(70)30(50)11-6-16-57-47(51)52)39(69)63-33(14-7-17-58-48(53)54)41(71)65-35(19-26-21-60-31-12-4-2-9-28(26)31)43(73)64-34(15-8-18-59-49(55)56)42(72)66-36(44(74)68-38(24-79)46(76)77)20-27-22-61-32-13-5-3-10-29(27)32/h2-5,9-10,12-13,21-22,25,30,33-38,60-61,78-79H,6-8,11,14-20,23-24,50H2,1H3,(H,62,75)(H,63,69)(H,64,73)(H,65,71)(H,66,72)(H,67,70)(H,68,74)(H,76,77)(H4,51,52,57)(H4,53,54,58)(H4,55,56,59)/t25-,30+,33+,34+,35-,36+,37+,38+/m1/s1. The number of rotatable bonds is 33. The number of fused-ring (bicyclic) bond motifs is 2. The number of carboxylic acids is 1. The maximum atomic E-state index is 14.8. The molecule has 0 spiro atoms. The molecular weight excluding hydrogens is 1060 g/mol. The number of hydrogen-bond acceptors (Lipinski definition) is 14. The molecule has 30 heteroatoms. The SMILES string of the molecule is C[C@@H](NC(=O)[C@H](CS)NC(=O)[C@@H](N)CCCNC(=N)N)C(=O)N[C@@H](CCCNC(=N)N)C(=O)N[C@H](Cc1c[nH]c2ccccc12)C(=O)N[C@@H](CCCNC(=N)N)C(=O)N[C@@H](Cc1c[nH]c2ccccc12)C(=O)N[C@@H](CS)C(=O)O. The zero-order chi connectivity index (χ0) is 58.2. The quantitative estimate of drug-likeness (QED) is 0.00973. The highest BCUT2D eigenvalue weighted by Gasteiger charge is 2.34. The van der Waals surface area contributed by atoms with Crippen LogP contribution in [0.25, 0.3) is 21.8 Å². The number of nitrogens with one attached hydrogen (secondary N) is 15. The Hall–Kier alpha value is -8.25. The monoisotopic (exact) mass is 1140 g/mol. The van der Waals surface area contributed by atoms with Gasteiger partial charge in [-0.25, -0.2) is 4.79 Å². The number of carbonyl (C=O) groups excluding carboxylic acids is 7. The summed E-state index contributed by atoms with van der Waals surface area (Å²) in [4.78, 5) is 116. The van der Waals surface area contributed by atoms with Gasteiger partial charge in [0.05, 0.1) is 6.04 Å². The predicted octanol–water partition coefficient (Wildman–Crippen LogP) is -3.09. The third kappa shape index (κ3) is 20.6. The van der Waals surface area contributed by atoms with Crippen molar-refractivity contribution >= 4 is 112 Å². The number of H-pyrrole nitrogens is 2. The minimum absolute atomic E-state index is 0.0842. The number of aromatic nitrogens is 2. The number of thiol groups is 2. The highest BCUT2D eigenvalue weighted by Crippen LogP contribution is 2.21. The molecule has 0 unspecified atom stereocenters. The molecule has 0 aliphatic rings. The van der Waals surface area contributed by atoms with E-state index in [0.717, 1.165) is 10.9 Å². The van der Waals surface area contributed by atoms with Crippen LogP contribution in [0.2, 0.25) is 0 Å². The van der Waals surface area contributed by atoms with Gasteiger partial charge in [-0.2, -0.15) is 25.3 Å². The van der Waals surface area contributed by atoms with Crippen LogP contribution >= 0.6 is 25.3 Å². The molecule has 0 fully saturated rings. The fraction of sp³-hybridized carbons (Fsp3) is 0.449. The van der Waals surface area contributed by atoms with Gasteiger partial charge in [-0.1, -0.05) is 36.4 Å². The Morgan fingerprint density at radius 3 is 1.28 bits per heavy atom. The van der Waals surface area contributed by atoms with Gasteiger partial charge < -0.3 is 91.2 Å². The van der Waals surface area contributed by atoms with Crippen LogP contribution in [0.5, 0.6) is 0 Å². The Bertz CT molecular complexity index is 2790. The molecule has 7 amide bonds. The lowest BCUT2D eigenvalue weighted by Crippen LogP contribution is -2.60. The van der Waals surface area contributed by atoms with E-state index in [9.17, 15) is 43.5 Å². The van der Waals surface area contributed by atoms with Crippen molar-refractivity contribution in [2.75, 3.05) is 31.1 Å². The van der Waals surface area contributed by atoms with E-state index in [1.807, 2.05) is 6.07 Å². The van der Waals surface area contributed by atoms with E-state index in [2.05, 4.69) is 88.4 Å². The van der Waals surface area contributed by atoms with E-state index in [0.29, 0.717) is 35.0 Å². The van der Waals surface area contributed by atoms with Crippen molar-refractivity contribution in [1.29, 1.82) is 16.2 Å². The van der Waals surface area contributed by atoms with Crippen LogP contribution < -0.4 is 76.1 Å². The molecule has 0 aliphatic carbocycles. The summed E-state index contributed by atoms with van der Waals surface area (Å²) < 4.78 is 0. The normalized spacial score (nSPS) is 14.1. The summed E-state index contributed by atoms with van der Waals surface area (Å²) in [6, 6.07) is 3.76. The largest absolute Gasteiger partial charge is 0.480 e. The number of amides is 7. The average molecular weight is 1140 g/mol. The molecule has 0 bridgehead atoms. The van der Waals surface area contributed by atoms with Crippen molar-refractivity contribution < 1.29 is 43.5 Å². The number of benzene rings is 2. The van der Waals surface area contributed by atoms with Crippen LogP contribution in [0, 0.1) is 16.2 Å². The Balaban J connectivity index is 1.63. The van der Waals surface area contributed by atoms with Crippen molar-refractivity contribution in [3.8, 4) is 0 Å². The smallest absolute Gasteiger partial charge is 0.327 e. The Labute approximate surface area is 466 Å². The first-order valence-corrected chi connectivity index (χ1v) is 26.5. The first kappa shape index (κ1) is 63.3. The molecule has 0 aliphatic heterocycles. The second-order valence-electron chi connectivity index (χ2n) is 18.5. The number of carbonyl (C=O) groups is 8. The van der Waals surface area contributed by atoms with E-state index in [1.54, 1.807) is 54.9 Å². The molecule has 24 N–H and O–H groups in total. The Morgan fingerprint density at radius 2 is 0.861 bits per heavy atom.